The van der Waals surface area contributed by atoms with Gasteiger partial charge in [0.25, 0.3) is 0 Å². The van der Waals surface area contributed by atoms with E-state index in [1.807, 2.05) is 39.0 Å². The molecule has 0 aromatic heterocycles. The van der Waals surface area contributed by atoms with Crippen LogP contribution in [0.2, 0.25) is 0 Å². The van der Waals surface area contributed by atoms with Gasteiger partial charge in [0, 0.05) is 13.2 Å². The van der Waals surface area contributed by atoms with Gasteiger partial charge in [0.05, 0.1) is 4.47 Å². The summed E-state index contributed by atoms with van der Waals surface area (Å²) in [7, 11) is 0. The quantitative estimate of drug-likeness (QED) is 0.615. The van der Waals surface area contributed by atoms with Gasteiger partial charge in [-0.3, -0.25) is 0 Å². The largest absolute Gasteiger partial charge is 0.483 e. The van der Waals surface area contributed by atoms with Gasteiger partial charge in [0.1, 0.15) is 5.75 Å². The minimum Gasteiger partial charge on any atom is -0.483 e. The molecule has 0 saturated heterocycles. The van der Waals surface area contributed by atoms with Crippen molar-refractivity contribution in [3.05, 3.63) is 28.2 Å². The molecule has 0 radical (unpaired) electrons. The Morgan fingerprint density at radius 2 is 1.71 bits per heavy atom. The van der Waals surface area contributed by atoms with Crippen molar-refractivity contribution in [2.24, 2.45) is 5.92 Å². The fourth-order valence-electron chi connectivity index (χ4n) is 2.47. The summed E-state index contributed by atoms with van der Waals surface area (Å²) in [6, 6.07) is 6.06. The molecular weight excluding hydrogens is 332 g/mol. The van der Waals surface area contributed by atoms with Crippen LogP contribution in [0.25, 0.3) is 0 Å². The molecule has 120 valence electrons. The second-order valence-corrected chi connectivity index (χ2v) is 6.45. The van der Waals surface area contributed by atoms with Gasteiger partial charge in [0.2, 0.25) is 5.79 Å². The van der Waals surface area contributed by atoms with Crippen LogP contribution >= 0.6 is 15.9 Å². The highest BCUT2D eigenvalue weighted by Gasteiger charge is 2.40. The molecule has 0 saturated carbocycles. The number of ether oxygens (including phenoxy) is 3. The van der Waals surface area contributed by atoms with Crippen molar-refractivity contribution >= 4 is 15.9 Å². The second-order valence-electron chi connectivity index (χ2n) is 5.60. The number of hydrogen-bond donors (Lipinski definition) is 0. The zero-order chi connectivity index (χ0) is 16.0. The molecule has 1 atom stereocenters. The highest BCUT2D eigenvalue weighted by molar-refractivity contribution is 9.10. The highest BCUT2D eigenvalue weighted by atomic mass is 79.9. The molecule has 3 nitrogen and oxygen atoms in total. The van der Waals surface area contributed by atoms with E-state index >= 15 is 0 Å². The first-order valence-corrected chi connectivity index (χ1v) is 8.34. The summed E-state index contributed by atoms with van der Waals surface area (Å²) in [4.78, 5) is 0. The van der Waals surface area contributed by atoms with Crippen molar-refractivity contribution in [3.8, 4) is 5.75 Å². The summed E-state index contributed by atoms with van der Waals surface area (Å²) in [5.74, 6) is 0.299. The zero-order valence-electron chi connectivity index (χ0n) is 13.9. The number of aryl methyl sites for hydroxylation is 1. The van der Waals surface area contributed by atoms with Crippen molar-refractivity contribution in [2.45, 2.75) is 53.4 Å². The number of hydrogen-bond acceptors (Lipinski definition) is 3. The molecule has 1 aromatic carbocycles. The molecule has 0 spiro atoms. The van der Waals surface area contributed by atoms with E-state index in [0.717, 1.165) is 10.2 Å². The number of benzene rings is 1. The fraction of sp³-hybridized carbons (Fsp3) is 0.647. The maximum atomic E-state index is 6.24. The first-order valence-electron chi connectivity index (χ1n) is 7.54. The molecule has 1 aromatic rings. The molecule has 0 amide bonds. The van der Waals surface area contributed by atoms with Crippen molar-refractivity contribution in [1.29, 1.82) is 0 Å². The average molecular weight is 359 g/mol. The van der Waals surface area contributed by atoms with E-state index in [9.17, 15) is 0 Å². The van der Waals surface area contributed by atoms with Crippen molar-refractivity contribution in [1.82, 2.24) is 0 Å². The standard InChI is InChI=1S/C17H27BrO3/c1-7-19-17(6,20-8-2)16(12(3)4)21-15-10-9-13(5)11-14(15)18/h9-12,16H,7-8H2,1-6H3. The summed E-state index contributed by atoms with van der Waals surface area (Å²) >= 11 is 3.56. The average Bonchev–Trinajstić information content (AvgIpc) is 2.37. The topological polar surface area (TPSA) is 27.7 Å². The van der Waals surface area contributed by atoms with Gasteiger partial charge in [0.15, 0.2) is 6.10 Å². The van der Waals surface area contributed by atoms with Crippen molar-refractivity contribution < 1.29 is 14.2 Å². The zero-order valence-corrected chi connectivity index (χ0v) is 15.5. The number of halogens is 1. The summed E-state index contributed by atoms with van der Waals surface area (Å²) in [5.41, 5.74) is 1.19. The fourth-order valence-corrected chi connectivity index (χ4v) is 3.05. The first kappa shape index (κ1) is 18.5. The lowest BCUT2D eigenvalue weighted by Gasteiger charge is -2.39. The summed E-state index contributed by atoms with van der Waals surface area (Å²) in [5, 5.41) is 0. The summed E-state index contributed by atoms with van der Waals surface area (Å²) in [6.45, 7) is 13.3. The molecule has 21 heavy (non-hydrogen) atoms. The number of rotatable bonds is 8. The Balaban J connectivity index is 3.05. The van der Waals surface area contributed by atoms with Crippen LogP contribution in [-0.4, -0.2) is 25.1 Å². The van der Waals surface area contributed by atoms with Crippen LogP contribution in [-0.2, 0) is 9.47 Å². The monoisotopic (exact) mass is 358 g/mol. The molecule has 0 aliphatic rings. The molecule has 0 aliphatic carbocycles. The second kappa shape index (κ2) is 8.16. The van der Waals surface area contributed by atoms with E-state index in [0.29, 0.717) is 13.2 Å². The Labute approximate surface area is 137 Å². The Bertz CT molecular complexity index is 440. The SMILES string of the molecule is CCOC(C)(OCC)C(Oc1ccc(C)cc1Br)C(C)C. The van der Waals surface area contributed by atoms with Crippen LogP contribution in [0, 0.1) is 12.8 Å². The normalized spacial score (nSPS) is 13.5. The van der Waals surface area contributed by atoms with Gasteiger partial charge in [-0.15, -0.1) is 0 Å². The Kier molecular flexibility index (Phi) is 7.17. The minimum atomic E-state index is -0.762. The van der Waals surface area contributed by atoms with Crippen molar-refractivity contribution in [2.75, 3.05) is 13.2 Å². The molecule has 1 rings (SSSR count). The molecule has 0 bridgehead atoms. The molecule has 0 heterocycles. The molecular formula is C17H27BrO3. The molecule has 1 unspecified atom stereocenters. The third-order valence-electron chi connectivity index (χ3n) is 3.33. The smallest absolute Gasteiger partial charge is 0.203 e. The molecule has 0 N–H and O–H groups in total. The van der Waals surface area contributed by atoms with E-state index in [1.54, 1.807) is 0 Å². The van der Waals surface area contributed by atoms with Crippen molar-refractivity contribution in [3.63, 3.8) is 0 Å². The van der Waals surface area contributed by atoms with E-state index in [-0.39, 0.29) is 12.0 Å². The van der Waals surface area contributed by atoms with Crippen LogP contribution in [0.15, 0.2) is 22.7 Å². The van der Waals surface area contributed by atoms with E-state index < -0.39 is 5.79 Å². The van der Waals surface area contributed by atoms with Gasteiger partial charge < -0.3 is 14.2 Å². The first-order chi connectivity index (χ1) is 9.84. The molecule has 0 fully saturated rings. The van der Waals surface area contributed by atoms with Crippen LogP contribution in [0.3, 0.4) is 0 Å². The van der Waals surface area contributed by atoms with E-state index in [1.165, 1.54) is 5.56 Å². The third-order valence-corrected chi connectivity index (χ3v) is 3.95. The van der Waals surface area contributed by atoms with Gasteiger partial charge in [-0.25, -0.2) is 0 Å². The van der Waals surface area contributed by atoms with E-state index in [4.69, 9.17) is 14.2 Å². The van der Waals surface area contributed by atoms with Gasteiger partial charge in [-0.1, -0.05) is 19.9 Å². The van der Waals surface area contributed by atoms with Crippen LogP contribution in [0.1, 0.15) is 40.2 Å². The minimum absolute atomic E-state index is 0.198. The van der Waals surface area contributed by atoms with Crippen LogP contribution in [0.4, 0.5) is 0 Å². The van der Waals surface area contributed by atoms with Gasteiger partial charge >= 0.3 is 0 Å². The Morgan fingerprint density at radius 1 is 1.14 bits per heavy atom. The highest BCUT2D eigenvalue weighted by Crippen LogP contribution is 2.32. The predicted octanol–water partition coefficient (Wildman–Crippen LogP) is 4.95. The third kappa shape index (κ3) is 4.97. The van der Waals surface area contributed by atoms with Crippen LogP contribution < -0.4 is 4.74 Å². The lowest BCUT2D eigenvalue weighted by Crippen LogP contribution is -2.50. The summed E-state index contributed by atoms with van der Waals surface area (Å²) in [6.07, 6.45) is -0.198. The maximum Gasteiger partial charge on any atom is 0.203 e. The predicted molar refractivity (Wildman–Crippen MR) is 89.8 cm³/mol. The lowest BCUT2D eigenvalue weighted by molar-refractivity contribution is -0.270. The van der Waals surface area contributed by atoms with Gasteiger partial charge in [-0.05, 0) is 67.2 Å². The Morgan fingerprint density at radius 3 is 2.14 bits per heavy atom. The molecule has 4 heteroatoms. The van der Waals surface area contributed by atoms with Crippen LogP contribution in [0.5, 0.6) is 5.75 Å². The van der Waals surface area contributed by atoms with Gasteiger partial charge in [-0.2, -0.15) is 0 Å². The maximum absolute atomic E-state index is 6.24. The molecule has 0 aliphatic heterocycles. The van der Waals surface area contributed by atoms with E-state index in [2.05, 4.69) is 36.7 Å². The summed E-state index contributed by atoms with van der Waals surface area (Å²) < 4.78 is 18.9. The Hall–Kier alpha value is -0.580. The lowest BCUT2D eigenvalue weighted by atomic mass is 9.99.